The second-order valence-electron chi connectivity index (χ2n) is 3.18. The van der Waals surface area contributed by atoms with Gasteiger partial charge in [0.1, 0.15) is 11.9 Å². The van der Waals surface area contributed by atoms with E-state index in [2.05, 4.69) is 5.32 Å². The summed E-state index contributed by atoms with van der Waals surface area (Å²) in [4.78, 5) is 21.3. The molecule has 1 rings (SSSR count). The summed E-state index contributed by atoms with van der Waals surface area (Å²) in [5, 5.41) is 19.5. The Balaban J connectivity index is 3.05. The Morgan fingerprint density at radius 3 is 2.53 bits per heavy atom. The molecule has 1 unspecified atom stereocenters. The minimum absolute atomic E-state index is 0.0738. The highest BCUT2D eigenvalue weighted by molar-refractivity contribution is 6.31. The molecule has 7 heteroatoms. The number of nitrogens with one attached hydrogen (secondary N) is 1. The lowest BCUT2D eigenvalue weighted by Crippen LogP contribution is -2.33. The van der Waals surface area contributed by atoms with Gasteiger partial charge in [0.25, 0.3) is 0 Å². The molecule has 3 N–H and O–H groups in total. The summed E-state index contributed by atoms with van der Waals surface area (Å²) in [6, 6.07) is 2.22. The van der Waals surface area contributed by atoms with E-state index in [0.29, 0.717) is 0 Å². The highest BCUT2D eigenvalue weighted by Gasteiger charge is 2.25. The van der Waals surface area contributed by atoms with Gasteiger partial charge in [-0.25, -0.2) is 4.39 Å². The summed E-state index contributed by atoms with van der Waals surface area (Å²) < 4.78 is 13.5. The molecule has 0 bridgehead atoms. The second kappa shape index (κ2) is 5.60. The molecule has 0 heterocycles. The van der Waals surface area contributed by atoms with Crippen molar-refractivity contribution in [2.75, 3.05) is 6.54 Å². The Kier molecular flexibility index (Phi) is 4.42. The number of carboxylic acids is 2. The molecule has 1 atom stereocenters. The zero-order valence-electron chi connectivity index (χ0n) is 8.48. The Morgan fingerprint density at radius 1 is 1.41 bits per heavy atom. The summed E-state index contributed by atoms with van der Waals surface area (Å²) >= 11 is 5.69. The SMILES string of the molecule is O=C(O)CNC(C(=O)O)c1c(F)cccc1Cl. The molecule has 0 saturated carbocycles. The van der Waals surface area contributed by atoms with Crippen LogP contribution in [0.2, 0.25) is 5.02 Å². The molecular weight excluding hydrogens is 253 g/mol. The van der Waals surface area contributed by atoms with Gasteiger partial charge in [-0.3, -0.25) is 14.9 Å². The molecule has 0 radical (unpaired) electrons. The van der Waals surface area contributed by atoms with Crippen LogP contribution in [0.25, 0.3) is 0 Å². The molecule has 0 fully saturated rings. The predicted molar refractivity (Wildman–Crippen MR) is 57.4 cm³/mol. The van der Waals surface area contributed by atoms with Gasteiger partial charge in [0, 0.05) is 10.6 Å². The zero-order chi connectivity index (χ0) is 13.0. The maximum Gasteiger partial charge on any atom is 0.325 e. The van der Waals surface area contributed by atoms with Crippen molar-refractivity contribution in [2.45, 2.75) is 6.04 Å². The lowest BCUT2D eigenvalue weighted by molar-refractivity contribution is -0.140. The molecule has 0 saturated heterocycles. The molecule has 92 valence electrons. The Labute approximate surface area is 101 Å². The molecule has 0 amide bonds. The van der Waals surface area contributed by atoms with Crippen molar-refractivity contribution in [1.82, 2.24) is 5.32 Å². The van der Waals surface area contributed by atoms with Crippen molar-refractivity contribution in [3.05, 3.63) is 34.6 Å². The molecular formula is C10H9ClFNO4. The molecule has 1 aromatic carbocycles. The molecule has 5 nitrogen and oxygen atoms in total. The third kappa shape index (κ3) is 3.40. The van der Waals surface area contributed by atoms with E-state index in [1.807, 2.05) is 0 Å². The number of rotatable bonds is 5. The van der Waals surface area contributed by atoms with Gasteiger partial charge < -0.3 is 10.2 Å². The lowest BCUT2D eigenvalue weighted by atomic mass is 10.1. The smallest absolute Gasteiger partial charge is 0.325 e. The van der Waals surface area contributed by atoms with Gasteiger partial charge in [-0.15, -0.1) is 0 Å². The summed E-state index contributed by atoms with van der Waals surface area (Å²) in [5.74, 6) is -3.45. The second-order valence-corrected chi connectivity index (χ2v) is 3.59. The van der Waals surface area contributed by atoms with Crippen LogP contribution in [0, 0.1) is 5.82 Å². The van der Waals surface area contributed by atoms with E-state index in [9.17, 15) is 14.0 Å². The van der Waals surface area contributed by atoms with E-state index in [1.165, 1.54) is 12.1 Å². The van der Waals surface area contributed by atoms with E-state index in [0.717, 1.165) is 6.07 Å². The van der Waals surface area contributed by atoms with Crippen LogP contribution in [0.15, 0.2) is 18.2 Å². The number of hydrogen-bond donors (Lipinski definition) is 3. The number of carboxylic acid groups (broad SMARTS) is 2. The third-order valence-corrected chi connectivity index (χ3v) is 2.32. The monoisotopic (exact) mass is 261 g/mol. The molecule has 0 aliphatic rings. The largest absolute Gasteiger partial charge is 0.480 e. The molecule has 0 aliphatic carbocycles. The van der Waals surface area contributed by atoms with Crippen molar-refractivity contribution in [3.63, 3.8) is 0 Å². The summed E-state index contributed by atoms with van der Waals surface area (Å²) in [6.07, 6.45) is 0. The van der Waals surface area contributed by atoms with Crippen molar-refractivity contribution >= 4 is 23.5 Å². The van der Waals surface area contributed by atoms with Gasteiger partial charge in [-0.1, -0.05) is 17.7 Å². The summed E-state index contributed by atoms with van der Waals surface area (Å²) in [7, 11) is 0. The number of benzene rings is 1. The van der Waals surface area contributed by atoms with Gasteiger partial charge in [0.05, 0.1) is 6.54 Å². The van der Waals surface area contributed by atoms with Crippen LogP contribution < -0.4 is 5.32 Å². The Bertz CT molecular complexity index is 432. The Hall–Kier alpha value is -1.66. The van der Waals surface area contributed by atoms with Gasteiger partial charge in [0.15, 0.2) is 0 Å². The molecule has 1 aromatic rings. The van der Waals surface area contributed by atoms with Gasteiger partial charge in [-0.2, -0.15) is 0 Å². The number of carbonyl (C=O) groups is 2. The first-order valence-electron chi connectivity index (χ1n) is 4.55. The fraction of sp³-hybridized carbons (Fsp3) is 0.200. The zero-order valence-corrected chi connectivity index (χ0v) is 9.24. The topological polar surface area (TPSA) is 86.6 Å². The van der Waals surface area contributed by atoms with Crippen LogP contribution >= 0.6 is 11.6 Å². The van der Waals surface area contributed by atoms with E-state index in [-0.39, 0.29) is 10.6 Å². The molecule has 0 spiro atoms. The van der Waals surface area contributed by atoms with Gasteiger partial charge >= 0.3 is 11.9 Å². The highest BCUT2D eigenvalue weighted by atomic mass is 35.5. The minimum Gasteiger partial charge on any atom is -0.480 e. The average Bonchev–Trinajstić information content (AvgIpc) is 2.21. The van der Waals surface area contributed by atoms with Crippen LogP contribution in [-0.4, -0.2) is 28.7 Å². The number of halogens is 2. The van der Waals surface area contributed by atoms with Crippen LogP contribution in [0.3, 0.4) is 0 Å². The summed E-state index contributed by atoms with van der Waals surface area (Å²) in [5.41, 5.74) is -0.275. The van der Waals surface area contributed by atoms with Crippen LogP contribution in [0.1, 0.15) is 11.6 Å². The highest BCUT2D eigenvalue weighted by Crippen LogP contribution is 2.25. The van der Waals surface area contributed by atoms with Crippen molar-refractivity contribution in [3.8, 4) is 0 Å². The number of hydrogen-bond acceptors (Lipinski definition) is 3. The quantitative estimate of drug-likeness (QED) is 0.743. The average molecular weight is 262 g/mol. The van der Waals surface area contributed by atoms with E-state index in [4.69, 9.17) is 21.8 Å². The van der Waals surface area contributed by atoms with Crippen LogP contribution in [-0.2, 0) is 9.59 Å². The fourth-order valence-electron chi connectivity index (χ4n) is 1.29. The van der Waals surface area contributed by atoms with Crippen molar-refractivity contribution in [1.29, 1.82) is 0 Å². The first-order chi connectivity index (χ1) is 7.93. The molecule has 0 aliphatic heterocycles. The van der Waals surface area contributed by atoms with E-state index in [1.54, 1.807) is 0 Å². The minimum atomic E-state index is -1.50. The predicted octanol–water partition coefficient (Wildman–Crippen LogP) is 1.28. The lowest BCUT2D eigenvalue weighted by Gasteiger charge is -2.15. The third-order valence-electron chi connectivity index (χ3n) is 1.99. The Morgan fingerprint density at radius 2 is 2.06 bits per heavy atom. The van der Waals surface area contributed by atoms with Crippen molar-refractivity contribution < 1.29 is 24.2 Å². The molecule has 0 aromatic heterocycles. The number of aliphatic carboxylic acids is 2. The molecule has 17 heavy (non-hydrogen) atoms. The fourth-order valence-corrected chi connectivity index (χ4v) is 1.56. The normalized spacial score (nSPS) is 12.1. The van der Waals surface area contributed by atoms with Crippen LogP contribution in [0.5, 0.6) is 0 Å². The first kappa shape index (κ1) is 13.4. The standard InChI is InChI=1S/C10H9ClFNO4/c11-5-2-1-3-6(12)8(5)9(10(16)17)13-4-7(14)15/h1-3,9,13H,4H2,(H,14,15)(H,16,17). The van der Waals surface area contributed by atoms with E-state index < -0.39 is 30.3 Å². The van der Waals surface area contributed by atoms with E-state index >= 15 is 0 Å². The summed E-state index contributed by atoms with van der Waals surface area (Å²) in [6.45, 7) is -0.609. The maximum atomic E-state index is 13.5. The maximum absolute atomic E-state index is 13.5. The first-order valence-corrected chi connectivity index (χ1v) is 4.93. The van der Waals surface area contributed by atoms with Gasteiger partial charge in [0.2, 0.25) is 0 Å². The van der Waals surface area contributed by atoms with Crippen molar-refractivity contribution in [2.24, 2.45) is 0 Å². The van der Waals surface area contributed by atoms with Gasteiger partial charge in [-0.05, 0) is 12.1 Å². The van der Waals surface area contributed by atoms with Crippen LogP contribution in [0.4, 0.5) is 4.39 Å².